The van der Waals surface area contributed by atoms with E-state index in [0.717, 1.165) is 5.57 Å². The SMILES string of the molecule is [CH-]=C(C)C=C(C)C.[Li+]. The molecule has 40 valence electrons. The molecule has 0 fully saturated rings. The average molecular weight is 102 g/mol. The molecular formula is C7H11Li. The first-order chi connectivity index (χ1) is 3.13. The minimum Gasteiger partial charge on any atom is -0.290 e. The molecule has 0 bridgehead atoms. The average Bonchev–Trinajstić information content (AvgIpc) is 1.27. The van der Waals surface area contributed by atoms with Crippen molar-refractivity contribution < 1.29 is 18.9 Å². The van der Waals surface area contributed by atoms with Crippen molar-refractivity contribution in [2.75, 3.05) is 0 Å². The summed E-state index contributed by atoms with van der Waals surface area (Å²) in [5, 5.41) is 0. The molecule has 0 amide bonds. The fraction of sp³-hybridized carbons (Fsp3) is 0.429. The largest absolute Gasteiger partial charge is 1.00 e. The molecule has 0 aliphatic rings. The summed E-state index contributed by atoms with van der Waals surface area (Å²) in [5.74, 6) is 0. The van der Waals surface area contributed by atoms with E-state index in [4.69, 9.17) is 6.58 Å². The fourth-order valence-electron chi connectivity index (χ4n) is 0.455. The van der Waals surface area contributed by atoms with Gasteiger partial charge in [0.15, 0.2) is 0 Å². The maximum Gasteiger partial charge on any atom is 1.00 e. The Kier molecular flexibility index (Phi) is 7.15. The third-order valence-electron chi connectivity index (χ3n) is 0.516. The zero-order valence-corrected chi connectivity index (χ0v) is 6.15. The van der Waals surface area contributed by atoms with Crippen LogP contribution in [0.25, 0.3) is 0 Å². The van der Waals surface area contributed by atoms with Gasteiger partial charge in [0.2, 0.25) is 0 Å². The third-order valence-corrected chi connectivity index (χ3v) is 0.516. The van der Waals surface area contributed by atoms with Crippen LogP contribution in [-0.2, 0) is 0 Å². The molecule has 0 aliphatic carbocycles. The first kappa shape index (κ1) is 11.0. The van der Waals surface area contributed by atoms with Gasteiger partial charge in [-0.25, -0.2) is 11.6 Å². The van der Waals surface area contributed by atoms with Crippen LogP contribution < -0.4 is 18.9 Å². The van der Waals surface area contributed by atoms with E-state index in [2.05, 4.69) is 0 Å². The number of allylic oxidation sites excluding steroid dienone is 3. The van der Waals surface area contributed by atoms with E-state index in [0.29, 0.717) is 0 Å². The molecule has 0 aromatic carbocycles. The van der Waals surface area contributed by atoms with Crippen LogP contribution in [0.15, 0.2) is 17.2 Å². The summed E-state index contributed by atoms with van der Waals surface area (Å²) in [5.41, 5.74) is 2.13. The second kappa shape index (κ2) is 5.22. The second-order valence-electron chi connectivity index (χ2n) is 1.97. The Morgan fingerprint density at radius 3 is 1.62 bits per heavy atom. The summed E-state index contributed by atoms with van der Waals surface area (Å²) in [7, 11) is 0. The van der Waals surface area contributed by atoms with Crippen molar-refractivity contribution in [1.29, 1.82) is 0 Å². The summed E-state index contributed by atoms with van der Waals surface area (Å²) in [6, 6.07) is 0. The molecule has 0 aliphatic heterocycles. The van der Waals surface area contributed by atoms with Gasteiger partial charge in [-0.2, -0.15) is 5.57 Å². The van der Waals surface area contributed by atoms with Crippen molar-refractivity contribution >= 4 is 0 Å². The molecule has 0 radical (unpaired) electrons. The summed E-state index contributed by atoms with van der Waals surface area (Å²) < 4.78 is 0. The summed E-state index contributed by atoms with van der Waals surface area (Å²) >= 11 is 0. The van der Waals surface area contributed by atoms with Gasteiger partial charge in [0, 0.05) is 0 Å². The van der Waals surface area contributed by atoms with Crippen molar-refractivity contribution in [3.63, 3.8) is 0 Å². The molecule has 0 saturated carbocycles. The first-order valence-corrected chi connectivity index (χ1v) is 2.37. The van der Waals surface area contributed by atoms with E-state index in [9.17, 15) is 0 Å². The fourth-order valence-corrected chi connectivity index (χ4v) is 0.455. The molecule has 0 N–H and O–H groups in total. The van der Waals surface area contributed by atoms with Crippen molar-refractivity contribution in [3.8, 4) is 0 Å². The smallest absolute Gasteiger partial charge is 0.290 e. The van der Waals surface area contributed by atoms with Crippen LogP contribution in [0, 0.1) is 6.58 Å². The van der Waals surface area contributed by atoms with Gasteiger partial charge in [-0.15, -0.1) is 0 Å². The summed E-state index contributed by atoms with van der Waals surface area (Å²) in [6.45, 7) is 11.3. The van der Waals surface area contributed by atoms with Gasteiger partial charge in [-0.3, -0.25) is 6.58 Å². The maximum absolute atomic E-state index is 5.33. The molecule has 8 heavy (non-hydrogen) atoms. The van der Waals surface area contributed by atoms with Crippen LogP contribution in [0.2, 0.25) is 0 Å². The normalized spacial score (nSPS) is 6.88. The van der Waals surface area contributed by atoms with E-state index in [1.54, 1.807) is 0 Å². The van der Waals surface area contributed by atoms with Gasteiger partial charge in [-0.05, 0) is 0 Å². The Balaban J connectivity index is 0. The van der Waals surface area contributed by atoms with Gasteiger partial charge in [-0.1, -0.05) is 20.8 Å². The molecule has 0 rings (SSSR count). The Morgan fingerprint density at radius 2 is 1.62 bits per heavy atom. The summed E-state index contributed by atoms with van der Waals surface area (Å²) in [4.78, 5) is 0. The third kappa shape index (κ3) is 9.42. The zero-order chi connectivity index (χ0) is 5.86. The van der Waals surface area contributed by atoms with Crippen LogP contribution in [0.5, 0.6) is 0 Å². The molecule has 1 heteroatoms. The Hall–Kier alpha value is 0.0774. The molecule has 0 unspecified atom stereocenters. The van der Waals surface area contributed by atoms with Crippen molar-refractivity contribution in [2.45, 2.75) is 20.8 Å². The minimum absolute atomic E-state index is 0. The number of hydrogen-bond donors (Lipinski definition) is 0. The molecule has 0 aromatic rings. The van der Waals surface area contributed by atoms with Crippen LogP contribution >= 0.6 is 0 Å². The topological polar surface area (TPSA) is 0 Å². The number of hydrogen-bond acceptors (Lipinski definition) is 0. The quantitative estimate of drug-likeness (QED) is 0.234. The van der Waals surface area contributed by atoms with E-state index in [-0.39, 0.29) is 18.9 Å². The standard InChI is InChI=1S/C7H11.Li/c1-6(2)5-7(3)4;/h1,5H,2-4H3;/q-1;+1. The molecule has 0 nitrogen and oxygen atoms in total. The van der Waals surface area contributed by atoms with Gasteiger partial charge in [0.25, 0.3) is 0 Å². The van der Waals surface area contributed by atoms with Crippen molar-refractivity contribution in [1.82, 2.24) is 0 Å². The van der Waals surface area contributed by atoms with E-state index in [1.165, 1.54) is 5.57 Å². The second-order valence-corrected chi connectivity index (χ2v) is 1.97. The van der Waals surface area contributed by atoms with Crippen molar-refractivity contribution in [3.05, 3.63) is 23.8 Å². The van der Waals surface area contributed by atoms with E-state index >= 15 is 0 Å². The maximum atomic E-state index is 5.33. The molecular weight excluding hydrogens is 91.0 g/mol. The Labute approximate surface area is 63.8 Å². The van der Waals surface area contributed by atoms with Gasteiger partial charge in [0.1, 0.15) is 0 Å². The Bertz CT molecular complexity index is 97.0. The summed E-state index contributed by atoms with van der Waals surface area (Å²) in [6.07, 6.45) is 1.94. The van der Waals surface area contributed by atoms with Gasteiger partial charge in [0.05, 0.1) is 0 Å². The van der Waals surface area contributed by atoms with E-state index in [1.807, 2.05) is 26.8 Å². The molecule has 0 atom stereocenters. The number of rotatable bonds is 1. The van der Waals surface area contributed by atoms with Gasteiger partial charge < -0.3 is 0 Å². The van der Waals surface area contributed by atoms with E-state index < -0.39 is 0 Å². The van der Waals surface area contributed by atoms with Crippen LogP contribution in [0.3, 0.4) is 0 Å². The van der Waals surface area contributed by atoms with Crippen LogP contribution in [0.4, 0.5) is 0 Å². The molecule has 0 spiro atoms. The predicted molar refractivity (Wildman–Crippen MR) is 32.9 cm³/mol. The molecule has 0 saturated heterocycles. The minimum atomic E-state index is 0. The van der Waals surface area contributed by atoms with Crippen molar-refractivity contribution in [2.24, 2.45) is 0 Å². The molecule has 0 heterocycles. The predicted octanol–water partition coefficient (Wildman–Crippen LogP) is -0.664. The van der Waals surface area contributed by atoms with Crippen LogP contribution in [0.1, 0.15) is 20.8 Å². The molecule has 0 aromatic heterocycles. The van der Waals surface area contributed by atoms with Gasteiger partial charge >= 0.3 is 18.9 Å². The zero-order valence-electron chi connectivity index (χ0n) is 6.15. The first-order valence-electron chi connectivity index (χ1n) is 2.37. The van der Waals surface area contributed by atoms with Crippen LogP contribution in [-0.4, -0.2) is 0 Å². The Morgan fingerprint density at radius 1 is 1.25 bits per heavy atom. The monoisotopic (exact) mass is 102 g/mol.